The maximum atomic E-state index is 11.9. The highest BCUT2D eigenvalue weighted by Gasteiger charge is 2.59. The van der Waals surface area contributed by atoms with Crippen molar-refractivity contribution >= 4 is 6.29 Å². The molecular weight excluding hydrogens is 288 g/mol. The summed E-state index contributed by atoms with van der Waals surface area (Å²) in [6.45, 7) is 9.21. The summed E-state index contributed by atoms with van der Waals surface area (Å²) in [5, 5.41) is 10.5. The lowest BCUT2D eigenvalue weighted by Gasteiger charge is -2.59. The van der Waals surface area contributed by atoms with Gasteiger partial charge in [-0.3, -0.25) is 0 Å². The summed E-state index contributed by atoms with van der Waals surface area (Å²) in [5.41, 5.74) is 2.19. The average molecular weight is 316 g/mol. The lowest BCUT2D eigenvalue weighted by molar-refractivity contribution is -0.151. The summed E-state index contributed by atoms with van der Waals surface area (Å²) in [6, 6.07) is 0. The topological polar surface area (TPSA) is 46.5 Å². The molecule has 0 bridgehead atoms. The highest BCUT2D eigenvalue weighted by atomic mass is 16.5. The summed E-state index contributed by atoms with van der Waals surface area (Å²) in [4.78, 5) is 11.9. The second kappa shape index (κ2) is 5.03. The van der Waals surface area contributed by atoms with Crippen LogP contribution in [-0.2, 0) is 9.53 Å². The van der Waals surface area contributed by atoms with Gasteiger partial charge in [-0.1, -0.05) is 26.5 Å². The number of carbonyl (C=O) groups excluding carboxylic acids is 1. The van der Waals surface area contributed by atoms with Crippen molar-refractivity contribution in [3.8, 4) is 0 Å². The summed E-state index contributed by atoms with van der Waals surface area (Å²) >= 11 is 0. The maximum absolute atomic E-state index is 11.9. The zero-order valence-corrected chi connectivity index (χ0v) is 14.3. The first-order chi connectivity index (χ1) is 10.9. The molecule has 1 aliphatic heterocycles. The van der Waals surface area contributed by atoms with Gasteiger partial charge >= 0.3 is 0 Å². The van der Waals surface area contributed by atoms with Gasteiger partial charge in [-0.05, 0) is 60.5 Å². The van der Waals surface area contributed by atoms with Crippen molar-refractivity contribution < 1.29 is 14.6 Å². The normalized spacial score (nSPS) is 52.2. The van der Waals surface area contributed by atoms with Crippen molar-refractivity contribution in [2.24, 2.45) is 28.6 Å². The van der Waals surface area contributed by atoms with Crippen LogP contribution in [0.4, 0.5) is 0 Å². The minimum atomic E-state index is -0.619. The zero-order valence-electron chi connectivity index (χ0n) is 14.3. The van der Waals surface area contributed by atoms with Gasteiger partial charge in [-0.15, -0.1) is 0 Å². The van der Waals surface area contributed by atoms with E-state index in [1.165, 1.54) is 11.1 Å². The molecule has 0 radical (unpaired) electrons. The fraction of sp³-hybridized carbons (Fsp3) is 0.750. The molecule has 23 heavy (non-hydrogen) atoms. The smallest absolute Gasteiger partial charge is 0.128 e. The van der Waals surface area contributed by atoms with Gasteiger partial charge in [0.25, 0.3) is 0 Å². The van der Waals surface area contributed by atoms with Crippen LogP contribution in [0, 0.1) is 28.6 Å². The van der Waals surface area contributed by atoms with Crippen molar-refractivity contribution in [2.75, 3.05) is 6.61 Å². The summed E-state index contributed by atoms with van der Waals surface area (Å²) in [5.74, 6) is 1.20. The first-order valence-electron chi connectivity index (χ1n) is 9.05. The molecule has 2 saturated carbocycles. The lowest BCUT2D eigenvalue weighted by Crippen LogP contribution is -2.57. The molecule has 1 heterocycles. The van der Waals surface area contributed by atoms with Gasteiger partial charge in [0.05, 0.1) is 24.2 Å². The van der Waals surface area contributed by atoms with E-state index in [-0.39, 0.29) is 17.4 Å². The maximum Gasteiger partial charge on any atom is 0.128 e. The van der Waals surface area contributed by atoms with Crippen LogP contribution >= 0.6 is 0 Å². The van der Waals surface area contributed by atoms with E-state index in [0.29, 0.717) is 18.4 Å². The Bertz CT molecular complexity index is 579. The van der Waals surface area contributed by atoms with Gasteiger partial charge < -0.3 is 14.6 Å². The van der Waals surface area contributed by atoms with Crippen molar-refractivity contribution in [2.45, 2.75) is 58.2 Å². The SMILES string of the molecule is C=C1COC2C3=CCC4C(C)(C=O)C(O)CCC4(C)C3CCC12. The molecule has 4 aliphatic rings. The van der Waals surface area contributed by atoms with Crippen LogP contribution in [0.15, 0.2) is 23.8 Å². The molecule has 4 rings (SSSR count). The van der Waals surface area contributed by atoms with Gasteiger partial charge in [0, 0.05) is 5.92 Å². The van der Waals surface area contributed by atoms with Gasteiger partial charge in [-0.2, -0.15) is 0 Å². The third-order valence-corrected chi connectivity index (χ3v) is 7.70. The number of ether oxygens (including phenoxy) is 1. The van der Waals surface area contributed by atoms with E-state index in [0.717, 1.165) is 38.4 Å². The molecule has 3 fully saturated rings. The number of aliphatic hydroxyl groups excluding tert-OH is 1. The Morgan fingerprint density at radius 2 is 2.13 bits per heavy atom. The van der Waals surface area contributed by atoms with Crippen LogP contribution in [0.2, 0.25) is 0 Å². The van der Waals surface area contributed by atoms with Crippen molar-refractivity contribution in [3.05, 3.63) is 23.8 Å². The Morgan fingerprint density at radius 3 is 2.87 bits per heavy atom. The van der Waals surface area contributed by atoms with Gasteiger partial charge in [0.1, 0.15) is 6.29 Å². The average Bonchev–Trinajstić information content (AvgIpc) is 2.93. The fourth-order valence-electron chi connectivity index (χ4n) is 6.23. The molecule has 7 unspecified atom stereocenters. The minimum Gasteiger partial charge on any atom is -0.392 e. The number of fused-ring (bicyclic) bond motifs is 5. The Morgan fingerprint density at radius 1 is 1.35 bits per heavy atom. The van der Waals surface area contributed by atoms with Crippen LogP contribution in [0.25, 0.3) is 0 Å². The molecule has 3 aliphatic carbocycles. The van der Waals surface area contributed by atoms with Gasteiger partial charge in [0.15, 0.2) is 0 Å². The van der Waals surface area contributed by atoms with Gasteiger partial charge in [0.2, 0.25) is 0 Å². The molecule has 0 spiro atoms. The molecule has 0 aromatic rings. The molecule has 1 N–H and O–H groups in total. The summed E-state index contributed by atoms with van der Waals surface area (Å²) in [7, 11) is 0. The molecule has 0 aromatic heterocycles. The number of carbonyl (C=O) groups is 1. The molecular formula is C20H28O3. The second-order valence-electron chi connectivity index (χ2n) is 8.66. The number of allylic oxidation sites excluding steroid dienone is 1. The summed E-state index contributed by atoms with van der Waals surface area (Å²) < 4.78 is 6.08. The molecule has 3 nitrogen and oxygen atoms in total. The first-order valence-corrected chi connectivity index (χ1v) is 9.05. The largest absolute Gasteiger partial charge is 0.392 e. The highest BCUT2D eigenvalue weighted by Crippen LogP contribution is 2.63. The Kier molecular flexibility index (Phi) is 3.41. The van der Waals surface area contributed by atoms with E-state index in [1.807, 2.05) is 6.92 Å². The monoisotopic (exact) mass is 316 g/mol. The van der Waals surface area contributed by atoms with Crippen molar-refractivity contribution in [1.29, 1.82) is 0 Å². The molecule has 3 heteroatoms. The summed E-state index contributed by atoms with van der Waals surface area (Å²) in [6.07, 6.45) is 8.00. The van der Waals surface area contributed by atoms with Crippen molar-refractivity contribution in [1.82, 2.24) is 0 Å². The first kappa shape index (κ1) is 15.6. The highest BCUT2D eigenvalue weighted by molar-refractivity contribution is 5.61. The standard InChI is InChI=1S/C20H28O3/c1-12-10-23-18-13(12)4-6-15-14(18)5-7-16-19(15,2)9-8-17(22)20(16,3)11-21/h5,11,13,15-18,22H,1,4,6-10H2,2-3H3. The van der Waals surface area contributed by atoms with E-state index in [4.69, 9.17) is 4.74 Å². The predicted octanol–water partition coefficient (Wildman–Crippen LogP) is 3.28. The van der Waals surface area contributed by atoms with E-state index in [2.05, 4.69) is 19.6 Å². The Balaban J connectivity index is 1.74. The van der Waals surface area contributed by atoms with Gasteiger partial charge in [-0.25, -0.2) is 0 Å². The van der Waals surface area contributed by atoms with Crippen LogP contribution in [0.3, 0.4) is 0 Å². The number of aldehydes is 1. The van der Waals surface area contributed by atoms with E-state index >= 15 is 0 Å². The van der Waals surface area contributed by atoms with E-state index in [1.54, 1.807) is 0 Å². The molecule has 1 saturated heterocycles. The van der Waals surface area contributed by atoms with Crippen LogP contribution < -0.4 is 0 Å². The second-order valence-corrected chi connectivity index (χ2v) is 8.66. The minimum absolute atomic E-state index is 0.0945. The third kappa shape index (κ3) is 1.93. The Labute approximate surface area is 138 Å². The predicted molar refractivity (Wildman–Crippen MR) is 88.8 cm³/mol. The number of rotatable bonds is 1. The lowest BCUT2D eigenvalue weighted by atomic mass is 9.45. The van der Waals surface area contributed by atoms with Crippen LogP contribution in [-0.4, -0.2) is 30.2 Å². The number of hydrogen-bond acceptors (Lipinski definition) is 3. The molecule has 126 valence electrons. The van der Waals surface area contributed by atoms with Crippen LogP contribution in [0.1, 0.15) is 46.0 Å². The van der Waals surface area contributed by atoms with E-state index in [9.17, 15) is 9.90 Å². The van der Waals surface area contributed by atoms with E-state index < -0.39 is 11.5 Å². The molecule has 7 atom stereocenters. The number of hydrogen-bond donors (Lipinski definition) is 1. The molecule has 0 aromatic carbocycles. The van der Waals surface area contributed by atoms with Crippen LogP contribution in [0.5, 0.6) is 0 Å². The Hall–Kier alpha value is -0.930. The fourth-order valence-corrected chi connectivity index (χ4v) is 6.23. The number of aliphatic hydroxyl groups is 1. The third-order valence-electron chi connectivity index (χ3n) is 7.70. The zero-order chi connectivity index (χ0) is 16.4. The quantitative estimate of drug-likeness (QED) is 0.596. The molecule has 0 amide bonds. The van der Waals surface area contributed by atoms with Crippen molar-refractivity contribution in [3.63, 3.8) is 0 Å².